The van der Waals surface area contributed by atoms with Crippen LogP contribution in [0.5, 0.6) is 5.75 Å². The Bertz CT molecular complexity index is 1280. The average molecular weight is 594 g/mol. The number of benzene rings is 3. The molecular formula is C28H24BrCl2FO4. The molecule has 4 nitrogen and oxygen atoms in total. The minimum Gasteiger partial charge on any atom is -0.480 e. The molecule has 36 heavy (non-hydrogen) atoms. The molecule has 0 radical (unpaired) electrons. The van der Waals surface area contributed by atoms with Gasteiger partial charge in [0, 0.05) is 21.9 Å². The zero-order chi connectivity index (χ0) is 26.0. The van der Waals surface area contributed by atoms with Crippen LogP contribution in [-0.2, 0) is 9.53 Å². The molecular weight excluding hydrogens is 570 g/mol. The maximum absolute atomic E-state index is 15.4. The van der Waals surface area contributed by atoms with E-state index in [9.17, 15) is 9.90 Å². The van der Waals surface area contributed by atoms with E-state index in [0.717, 1.165) is 16.7 Å². The van der Waals surface area contributed by atoms with Crippen LogP contribution in [0.1, 0.15) is 48.2 Å². The van der Waals surface area contributed by atoms with Crippen LogP contribution < -0.4 is 4.74 Å². The first-order valence-corrected chi connectivity index (χ1v) is 12.8. The predicted molar refractivity (Wildman–Crippen MR) is 142 cm³/mol. The van der Waals surface area contributed by atoms with Crippen LogP contribution >= 0.6 is 39.1 Å². The van der Waals surface area contributed by atoms with Crippen molar-refractivity contribution in [2.24, 2.45) is 5.92 Å². The first-order chi connectivity index (χ1) is 17.2. The fraction of sp³-hybridized carbons (Fsp3) is 0.250. The third-order valence-electron chi connectivity index (χ3n) is 6.36. The van der Waals surface area contributed by atoms with Crippen molar-refractivity contribution >= 4 is 45.1 Å². The lowest BCUT2D eigenvalue weighted by molar-refractivity contribution is -0.139. The lowest BCUT2D eigenvalue weighted by Crippen LogP contribution is -2.32. The average Bonchev–Trinajstić information content (AvgIpc) is 2.84. The van der Waals surface area contributed by atoms with Crippen LogP contribution in [0, 0.1) is 11.7 Å². The van der Waals surface area contributed by atoms with Crippen molar-refractivity contribution < 1.29 is 23.8 Å². The molecule has 1 fully saturated rings. The number of hydrogen-bond donors (Lipinski definition) is 1. The summed E-state index contributed by atoms with van der Waals surface area (Å²) in [5, 5.41) is 10.4. The summed E-state index contributed by atoms with van der Waals surface area (Å²) < 4.78 is 28.1. The monoisotopic (exact) mass is 592 g/mol. The molecule has 0 saturated carbocycles. The Hall–Kier alpha value is -2.38. The van der Waals surface area contributed by atoms with Gasteiger partial charge in [-0.2, -0.15) is 0 Å². The van der Waals surface area contributed by atoms with Crippen molar-refractivity contribution in [2.45, 2.75) is 31.5 Å². The molecule has 188 valence electrons. The molecule has 1 saturated heterocycles. The Morgan fingerprint density at radius 2 is 1.83 bits per heavy atom. The molecule has 0 bridgehead atoms. The number of hydrogen-bond acceptors (Lipinski definition) is 3. The smallest absolute Gasteiger partial charge is 0.341 e. The summed E-state index contributed by atoms with van der Waals surface area (Å²) in [6.07, 6.45) is -0.648. The molecule has 1 heterocycles. The van der Waals surface area contributed by atoms with Gasteiger partial charge in [-0.05, 0) is 76.8 Å². The second-order valence-electron chi connectivity index (χ2n) is 8.83. The van der Waals surface area contributed by atoms with Crippen molar-refractivity contribution in [3.63, 3.8) is 0 Å². The second kappa shape index (κ2) is 11.3. The SMILES string of the molecule is C=C(C)[C@H]1C[C@H](c2cccc(Cl)c2)[C@H](c2ccc(Cl)cc2)O[C@@H]1c1c(F)ccc(Br)c1OCC(=O)O. The number of ether oxygens (including phenoxy) is 2. The van der Waals surface area contributed by atoms with Gasteiger partial charge in [0.2, 0.25) is 0 Å². The van der Waals surface area contributed by atoms with E-state index < -0.39 is 30.6 Å². The zero-order valence-corrected chi connectivity index (χ0v) is 22.5. The highest BCUT2D eigenvalue weighted by Crippen LogP contribution is 2.54. The number of carboxylic acids is 1. The maximum atomic E-state index is 15.4. The van der Waals surface area contributed by atoms with Crippen LogP contribution in [0.4, 0.5) is 4.39 Å². The lowest BCUT2D eigenvalue weighted by atomic mass is 9.74. The minimum atomic E-state index is -1.17. The molecule has 8 heteroatoms. The second-order valence-corrected chi connectivity index (χ2v) is 10.6. The Morgan fingerprint density at radius 1 is 1.11 bits per heavy atom. The van der Waals surface area contributed by atoms with E-state index in [4.69, 9.17) is 32.7 Å². The Labute approximate surface area is 227 Å². The van der Waals surface area contributed by atoms with Gasteiger partial charge < -0.3 is 14.6 Å². The largest absolute Gasteiger partial charge is 0.480 e. The highest BCUT2D eigenvalue weighted by atomic mass is 79.9. The number of carboxylic acid groups (broad SMARTS) is 1. The summed E-state index contributed by atoms with van der Waals surface area (Å²) in [5.41, 5.74) is 2.83. The zero-order valence-electron chi connectivity index (χ0n) is 19.4. The van der Waals surface area contributed by atoms with Gasteiger partial charge in [0.15, 0.2) is 6.61 Å². The summed E-state index contributed by atoms with van der Waals surface area (Å²) in [7, 11) is 0. The molecule has 1 aliphatic heterocycles. The molecule has 0 aliphatic carbocycles. The van der Waals surface area contributed by atoms with Crippen molar-refractivity contribution in [1.29, 1.82) is 0 Å². The van der Waals surface area contributed by atoms with E-state index >= 15 is 4.39 Å². The van der Waals surface area contributed by atoms with Gasteiger partial charge in [-0.15, -0.1) is 0 Å². The number of carbonyl (C=O) groups is 1. The van der Waals surface area contributed by atoms with Crippen LogP contribution in [0.15, 0.2) is 77.3 Å². The van der Waals surface area contributed by atoms with E-state index in [1.165, 1.54) is 12.1 Å². The molecule has 0 amide bonds. The van der Waals surface area contributed by atoms with Gasteiger partial charge >= 0.3 is 5.97 Å². The summed E-state index contributed by atoms with van der Waals surface area (Å²) in [4.78, 5) is 11.2. The molecule has 3 aromatic carbocycles. The van der Waals surface area contributed by atoms with E-state index in [0.29, 0.717) is 20.9 Å². The van der Waals surface area contributed by atoms with E-state index in [1.54, 1.807) is 12.1 Å². The van der Waals surface area contributed by atoms with Crippen LogP contribution in [-0.4, -0.2) is 17.7 Å². The number of aliphatic carboxylic acids is 1. The molecule has 0 spiro atoms. The van der Waals surface area contributed by atoms with Crippen LogP contribution in [0.2, 0.25) is 10.0 Å². The van der Waals surface area contributed by atoms with E-state index in [1.807, 2.05) is 43.3 Å². The summed E-state index contributed by atoms with van der Waals surface area (Å²) in [6.45, 7) is 5.43. The normalized spacial score (nSPS) is 21.7. The number of rotatable bonds is 7. The van der Waals surface area contributed by atoms with Crippen molar-refractivity contribution in [1.82, 2.24) is 0 Å². The van der Waals surface area contributed by atoms with Crippen molar-refractivity contribution in [2.75, 3.05) is 6.61 Å². The maximum Gasteiger partial charge on any atom is 0.341 e. The Balaban J connectivity index is 1.85. The molecule has 1 N–H and O–H groups in total. The molecule has 0 unspecified atom stereocenters. The Morgan fingerprint density at radius 3 is 2.47 bits per heavy atom. The molecule has 1 aliphatic rings. The molecule has 0 aromatic heterocycles. The summed E-state index contributed by atoms with van der Waals surface area (Å²) >= 11 is 15.9. The minimum absolute atomic E-state index is 0.102. The van der Waals surface area contributed by atoms with E-state index in [2.05, 4.69) is 22.5 Å². The highest BCUT2D eigenvalue weighted by Gasteiger charge is 2.43. The molecule has 4 rings (SSSR count). The van der Waals surface area contributed by atoms with Gasteiger partial charge in [0.25, 0.3) is 0 Å². The quantitative estimate of drug-likeness (QED) is 0.279. The lowest BCUT2D eigenvalue weighted by Gasteiger charge is -2.43. The molecule has 3 aromatic rings. The van der Waals surface area contributed by atoms with Gasteiger partial charge in [-0.3, -0.25) is 0 Å². The fourth-order valence-electron chi connectivity index (χ4n) is 4.70. The fourth-order valence-corrected chi connectivity index (χ4v) is 5.49. The number of halogens is 4. The van der Waals surface area contributed by atoms with Gasteiger partial charge in [-0.25, -0.2) is 9.18 Å². The third kappa shape index (κ3) is 5.78. The third-order valence-corrected chi connectivity index (χ3v) is 7.47. The summed E-state index contributed by atoms with van der Waals surface area (Å²) in [5.74, 6) is -2.01. The first kappa shape index (κ1) is 26.7. The first-order valence-electron chi connectivity index (χ1n) is 11.3. The van der Waals surface area contributed by atoms with Gasteiger partial charge in [0.05, 0.1) is 22.2 Å². The van der Waals surface area contributed by atoms with Crippen molar-refractivity contribution in [3.8, 4) is 5.75 Å². The molecule has 4 atom stereocenters. The van der Waals surface area contributed by atoms with Gasteiger partial charge in [0.1, 0.15) is 11.6 Å². The Kier molecular flexibility index (Phi) is 8.41. The van der Waals surface area contributed by atoms with Crippen LogP contribution in [0.25, 0.3) is 0 Å². The standard InChI is InChI=1S/C28H24BrCl2FO4/c1-15(2)20-13-21(17-4-3-5-19(31)12-17)26(16-6-8-18(30)9-7-16)36-27(20)25-23(32)11-10-22(29)28(25)35-14-24(33)34/h3-12,20-21,26-27H,1,13-14H2,2H3,(H,33,34)/t20-,21-,26+,27+/m1/s1. The van der Waals surface area contributed by atoms with Crippen molar-refractivity contribution in [3.05, 3.63) is 110 Å². The topological polar surface area (TPSA) is 55.8 Å². The predicted octanol–water partition coefficient (Wildman–Crippen LogP) is 8.54. The van der Waals surface area contributed by atoms with Gasteiger partial charge in [-0.1, -0.05) is 59.6 Å². The summed E-state index contributed by atoms with van der Waals surface area (Å²) in [6, 6.07) is 17.8. The van der Waals surface area contributed by atoms with E-state index in [-0.39, 0.29) is 23.1 Å². The highest BCUT2D eigenvalue weighted by molar-refractivity contribution is 9.10. The van der Waals surface area contributed by atoms with Crippen LogP contribution in [0.3, 0.4) is 0 Å².